The molecule has 2 aromatic rings. The number of β-amino-alcohol motifs (C(OH)–C–C–N with tert-alkyl or cyclic N) is 1. The van der Waals surface area contributed by atoms with E-state index >= 15 is 0 Å². The van der Waals surface area contributed by atoms with Crippen LogP contribution < -0.4 is 5.32 Å². The SMILES string of the molecule is O=C(Nc1ccc(C(=O)N2CCCC(O)C2)s1)c1ccco1. The van der Waals surface area contributed by atoms with E-state index in [4.69, 9.17) is 4.42 Å². The average molecular weight is 320 g/mol. The lowest BCUT2D eigenvalue weighted by Gasteiger charge is -2.29. The van der Waals surface area contributed by atoms with Gasteiger partial charge in [-0.15, -0.1) is 11.3 Å². The van der Waals surface area contributed by atoms with E-state index in [1.165, 1.54) is 17.6 Å². The molecule has 116 valence electrons. The molecule has 1 aliphatic heterocycles. The van der Waals surface area contributed by atoms with Crippen LogP contribution in [0.1, 0.15) is 33.1 Å². The number of anilines is 1. The number of hydrogen-bond acceptors (Lipinski definition) is 5. The van der Waals surface area contributed by atoms with Crippen molar-refractivity contribution in [2.75, 3.05) is 18.4 Å². The molecule has 3 heterocycles. The molecule has 0 radical (unpaired) electrons. The fraction of sp³-hybridized carbons (Fsp3) is 0.333. The Kier molecular flexibility index (Phi) is 4.26. The Hall–Kier alpha value is -2.12. The molecule has 1 fully saturated rings. The number of furan rings is 1. The van der Waals surface area contributed by atoms with Crippen LogP contribution in [0, 0.1) is 0 Å². The minimum atomic E-state index is -0.448. The lowest BCUT2D eigenvalue weighted by atomic mass is 10.1. The molecule has 0 aromatic carbocycles. The first-order valence-corrected chi connectivity index (χ1v) is 7.87. The van der Waals surface area contributed by atoms with E-state index in [0.29, 0.717) is 23.0 Å². The van der Waals surface area contributed by atoms with Crippen LogP contribution in [-0.2, 0) is 0 Å². The van der Waals surface area contributed by atoms with E-state index < -0.39 is 6.10 Å². The number of aliphatic hydroxyl groups is 1. The number of likely N-dealkylation sites (tertiary alicyclic amines) is 1. The van der Waals surface area contributed by atoms with Crippen molar-refractivity contribution in [3.8, 4) is 0 Å². The third-order valence-corrected chi connectivity index (χ3v) is 4.47. The van der Waals surface area contributed by atoms with E-state index in [0.717, 1.165) is 12.8 Å². The fourth-order valence-electron chi connectivity index (χ4n) is 2.40. The summed E-state index contributed by atoms with van der Waals surface area (Å²) in [6.07, 6.45) is 2.52. The monoisotopic (exact) mass is 320 g/mol. The lowest BCUT2D eigenvalue weighted by Crippen LogP contribution is -2.41. The lowest BCUT2D eigenvalue weighted by molar-refractivity contribution is 0.0478. The second-order valence-electron chi connectivity index (χ2n) is 5.14. The molecule has 1 atom stereocenters. The molecule has 7 heteroatoms. The molecule has 0 aliphatic carbocycles. The van der Waals surface area contributed by atoms with Crippen molar-refractivity contribution >= 4 is 28.2 Å². The van der Waals surface area contributed by atoms with Gasteiger partial charge in [-0.3, -0.25) is 9.59 Å². The second-order valence-corrected chi connectivity index (χ2v) is 6.23. The summed E-state index contributed by atoms with van der Waals surface area (Å²) in [5.74, 6) is -0.234. The second kappa shape index (κ2) is 6.33. The number of rotatable bonds is 3. The Morgan fingerprint density at radius 3 is 2.95 bits per heavy atom. The summed E-state index contributed by atoms with van der Waals surface area (Å²) in [5.41, 5.74) is 0. The number of hydrogen-bond donors (Lipinski definition) is 2. The van der Waals surface area contributed by atoms with Crippen LogP contribution in [0.4, 0.5) is 5.00 Å². The molecule has 0 bridgehead atoms. The summed E-state index contributed by atoms with van der Waals surface area (Å²) in [4.78, 5) is 26.4. The van der Waals surface area contributed by atoms with Gasteiger partial charge in [-0.2, -0.15) is 0 Å². The Bertz CT molecular complexity index is 665. The van der Waals surface area contributed by atoms with Gasteiger partial charge in [-0.1, -0.05) is 0 Å². The minimum Gasteiger partial charge on any atom is -0.459 e. The number of amides is 2. The molecule has 2 aromatic heterocycles. The molecular formula is C15H16N2O4S. The van der Waals surface area contributed by atoms with Gasteiger partial charge in [0.2, 0.25) is 0 Å². The van der Waals surface area contributed by atoms with Crippen molar-refractivity contribution in [1.29, 1.82) is 0 Å². The Balaban J connectivity index is 1.65. The topological polar surface area (TPSA) is 82.8 Å². The van der Waals surface area contributed by atoms with E-state index in [-0.39, 0.29) is 17.6 Å². The summed E-state index contributed by atoms with van der Waals surface area (Å²) >= 11 is 1.22. The fourth-order valence-corrected chi connectivity index (χ4v) is 3.27. The van der Waals surface area contributed by atoms with E-state index in [9.17, 15) is 14.7 Å². The van der Waals surface area contributed by atoms with Crippen LogP contribution in [0.3, 0.4) is 0 Å². The van der Waals surface area contributed by atoms with Gasteiger partial charge in [0.15, 0.2) is 5.76 Å². The molecule has 3 rings (SSSR count). The maximum Gasteiger partial charge on any atom is 0.291 e. The first-order chi connectivity index (χ1) is 10.6. The Morgan fingerprint density at radius 1 is 1.36 bits per heavy atom. The third-order valence-electron chi connectivity index (χ3n) is 3.48. The van der Waals surface area contributed by atoms with E-state index in [1.807, 2.05) is 0 Å². The largest absolute Gasteiger partial charge is 0.459 e. The summed E-state index contributed by atoms with van der Waals surface area (Å²) in [6, 6.07) is 6.59. The third kappa shape index (κ3) is 3.20. The molecule has 1 saturated heterocycles. The predicted molar refractivity (Wildman–Crippen MR) is 82.1 cm³/mol. The van der Waals surface area contributed by atoms with Crippen molar-refractivity contribution < 1.29 is 19.1 Å². The molecule has 2 amide bonds. The Labute approximate surface area is 131 Å². The zero-order valence-corrected chi connectivity index (χ0v) is 12.6. The minimum absolute atomic E-state index is 0.109. The highest BCUT2D eigenvalue weighted by Crippen LogP contribution is 2.25. The van der Waals surface area contributed by atoms with Crippen LogP contribution in [0.15, 0.2) is 34.9 Å². The number of nitrogens with one attached hydrogen (secondary N) is 1. The molecule has 6 nitrogen and oxygen atoms in total. The molecule has 1 aliphatic rings. The average Bonchev–Trinajstić information content (AvgIpc) is 3.18. The molecule has 2 N–H and O–H groups in total. The van der Waals surface area contributed by atoms with Gasteiger partial charge in [-0.05, 0) is 37.1 Å². The molecule has 0 saturated carbocycles. The van der Waals surface area contributed by atoms with Gasteiger partial charge in [0.25, 0.3) is 11.8 Å². The van der Waals surface area contributed by atoms with Crippen LogP contribution in [0.5, 0.6) is 0 Å². The van der Waals surface area contributed by atoms with Crippen LogP contribution >= 0.6 is 11.3 Å². The van der Waals surface area contributed by atoms with Gasteiger partial charge < -0.3 is 19.7 Å². The summed E-state index contributed by atoms with van der Waals surface area (Å²) in [5, 5.41) is 12.9. The highest BCUT2D eigenvalue weighted by atomic mass is 32.1. The van der Waals surface area contributed by atoms with Gasteiger partial charge in [0.1, 0.15) is 0 Å². The maximum atomic E-state index is 12.4. The zero-order valence-electron chi connectivity index (χ0n) is 11.8. The number of thiophene rings is 1. The molecular weight excluding hydrogens is 304 g/mol. The highest BCUT2D eigenvalue weighted by molar-refractivity contribution is 7.18. The van der Waals surface area contributed by atoms with Gasteiger partial charge in [0, 0.05) is 13.1 Å². The molecule has 22 heavy (non-hydrogen) atoms. The van der Waals surface area contributed by atoms with Crippen molar-refractivity contribution in [2.24, 2.45) is 0 Å². The van der Waals surface area contributed by atoms with Gasteiger partial charge in [-0.25, -0.2) is 0 Å². The number of carbonyl (C=O) groups excluding carboxylic acids is 2. The molecule has 1 unspecified atom stereocenters. The van der Waals surface area contributed by atoms with Gasteiger partial charge in [0.05, 0.1) is 22.2 Å². The van der Waals surface area contributed by atoms with E-state index in [2.05, 4.69) is 5.32 Å². The summed E-state index contributed by atoms with van der Waals surface area (Å²) < 4.78 is 5.02. The number of carbonyl (C=O) groups is 2. The summed E-state index contributed by atoms with van der Waals surface area (Å²) in [7, 11) is 0. The first-order valence-electron chi connectivity index (χ1n) is 7.05. The van der Waals surface area contributed by atoms with Crippen molar-refractivity contribution in [1.82, 2.24) is 4.90 Å². The smallest absolute Gasteiger partial charge is 0.291 e. The van der Waals surface area contributed by atoms with Crippen molar-refractivity contribution in [2.45, 2.75) is 18.9 Å². The highest BCUT2D eigenvalue weighted by Gasteiger charge is 2.24. The quantitative estimate of drug-likeness (QED) is 0.908. The number of aliphatic hydroxyl groups excluding tert-OH is 1. The van der Waals surface area contributed by atoms with Crippen LogP contribution in [0.2, 0.25) is 0 Å². The molecule has 0 spiro atoms. The van der Waals surface area contributed by atoms with Gasteiger partial charge >= 0.3 is 0 Å². The van der Waals surface area contributed by atoms with Crippen molar-refractivity contribution in [3.63, 3.8) is 0 Å². The van der Waals surface area contributed by atoms with E-state index in [1.54, 1.807) is 29.2 Å². The van der Waals surface area contributed by atoms with Crippen LogP contribution in [0.25, 0.3) is 0 Å². The standard InChI is InChI=1S/C15H16N2O4S/c18-10-3-1-7-17(9-10)15(20)12-5-6-13(22-12)16-14(19)11-4-2-8-21-11/h2,4-6,8,10,18H,1,3,7,9H2,(H,16,19). The summed E-state index contributed by atoms with van der Waals surface area (Å²) in [6.45, 7) is 1.02. The normalized spacial score (nSPS) is 18.2. The number of nitrogens with zero attached hydrogens (tertiary/aromatic N) is 1. The Morgan fingerprint density at radius 2 is 2.23 bits per heavy atom. The predicted octanol–water partition coefficient (Wildman–Crippen LogP) is 2.19. The van der Waals surface area contributed by atoms with Crippen LogP contribution in [-0.4, -0.2) is 41.0 Å². The zero-order chi connectivity index (χ0) is 15.5. The number of piperidine rings is 1. The maximum absolute atomic E-state index is 12.4. The van der Waals surface area contributed by atoms with Crippen molar-refractivity contribution in [3.05, 3.63) is 41.2 Å². The first kappa shape index (κ1) is 14.8.